The molecule has 0 fully saturated rings. The van der Waals surface area contributed by atoms with Gasteiger partial charge in [0.05, 0.1) is 17.8 Å². The molecule has 0 aliphatic carbocycles. The number of fused-ring (bicyclic) bond motifs is 1. The molecule has 31 heavy (non-hydrogen) atoms. The van der Waals surface area contributed by atoms with Crippen LogP contribution in [0.15, 0.2) is 78.9 Å². The zero-order valence-corrected chi connectivity index (χ0v) is 18.3. The van der Waals surface area contributed by atoms with Crippen LogP contribution in [-0.2, 0) is 22.7 Å². The highest BCUT2D eigenvalue weighted by Gasteiger charge is 2.24. The zero-order valence-electron chi connectivity index (χ0n) is 16.7. The van der Waals surface area contributed by atoms with Crippen LogP contribution in [0.2, 0.25) is 5.02 Å². The topological polar surface area (TPSA) is 46.9 Å². The molecule has 5 rings (SSSR count). The Balaban J connectivity index is 1.35. The number of aromatic nitrogens is 2. The molecule has 0 spiro atoms. The van der Waals surface area contributed by atoms with Gasteiger partial charge >= 0.3 is 0 Å². The van der Waals surface area contributed by atoms with Crippen LogP contribution in [0.25, 0.3) is 16.8 Å². The fraction of sp³-hybridized carbons (Fsp3) is 0.120. The molecule has 0 bridgehead atoms. The quantitative estimate of drug-likeness (QED) is 0.402. The molecule has 3 aromatic carbocycles. The number of hydrogen-bond acceptors (Lipinski definition) is 3. The third-order valence-corrected chi connectivity index (χ3v) is 6.53. The van der Waals surface area contributed by atoms with Gasteiger partial charge in [-0.15, -0.1) is 0 Å². The molecule has 0 radical (unpaired) electrons. The monoisotopic (exact) mass is 445 g/mol. The second-order valence-electron chi connectivity index (χ2n) is 7.44. The van der Waals surface area contributed by atoms with Crippen molar-refractivity contribution in [3.05, 3.63) is 101 Å². The first-order valence-corrected chi connectivity index (χ1v) is 11.6. The predicted octanol–water partition coefficient (Wildman–Crippen LogP) is 6.12. The molecule has 4 nitrogen and oxygen atoms in total. The number of amides is 1. The number of halogens is 1. The maximum atomic E-state index is 12.9. The second-order valence-corrected chi connectivity index (χ2v) is 8.86. The molecule has 1 aliphatic heterocycles. The Morgan fingerprint density at radius 3 is 2.39 bits per heavy atom. The van der Waals surface area contributed by atoms with Crippen molar-refractivity contribution in [1.82, 2.24) is 9.78 Å². The normalized spacial score (nSPS) is 12.5. The summed E-state index contributed by atoms with van der Waals surface area (Å²) in [5, 5.41) is 8.52. The van der Waals surface area contributed by atoms with Crippen molar-refractivity contribution in [1.29, 1.82) is 0 Å². The van der Waals surface area contributed by atoms with Gasteiger partial charge in [-0.25, -0.2) is 4.68 Å². The molecule has 1 amide bonds. The van der Waals surface area contributed by atoms with Gasteiger partial charge in [-0.2, -0.15) is 16.9 Å². The molecule has 1 aromatic heterocycles. The van der Waals surface area contributed by atoms with E-state index < -0.39 is 0 Å². The number of anilines is 1. The van der Waals surface area contributed by atoms with Gasteiger partial charge in [0.2, 0.25) is 5.91 Å². The van der Waals surface area contributed by atoms with Gasteiger partial charge in [0.1, 0.15) is 5.82 Å². The lowest BCUT2D eigenvalue weighted by atomic mass is 10.0. The van der Waals surface area contributed by atoms with Crippen molar-refractivity contribution in [2.45, 2.75) is 17.9 Å². The van der Waals surface area contributed by atoms with E-state index in [1.54, 1.807) is 0 Å². The maximum Gasteiger partial charge on any atom is 0.229 e. The molecule has 6 heteroatoms. The van der Waals surface area contributed by atoms with Gasteiger partial charge in [0, 0.05) is 22.1 Å². The average molecular weight is 446 g/mol. The molecule has 0 saturated heterocycles. The largest absolute Gasteiger partial charge is 0.310 e. The Hall–Kier alpha value is -3.02. The van der Waals surface area contributed by atoms with Gasteiger partial charge < -0.3 is 5.32 Å². The standard InChI is InChI=1S/C25H20ClN3OS/c26-20-10-12-21(13-11-20)29-25(22-15-31-16-23(22)28-29)27-24(30)14-17-6-8-19(9-7-17)18-4-2-1-3-5-18/h1-13H,14-16H2,(H,27,30). The molecular weight excluding hydrogens is 426 g/mol. The first kappa shape index (κ1) is 19.9. The zero-order chi connectivity index (χ0) is 21.2. The lowest BCUT2D eigenvalue weighted by Crippen LogP contribution is -2.18. The predicted molar refractivity (Wildman–Crippen MR) is 128 cm³/mol. The minimum Gasteiger partial charge on any atom is -0.310 e. The molecule has 1 aliphatic rings. The molecule has 154 valence electrons. The Labute approximate surface area is 190 Å². The highest BCUT2D eigenvalue weighted by Crippen LogP contribution is 2.36. The number of carbonyl (C=O) groups excluding carboxylic acids is 1. The summed E-state index contributed by atoms with van der Waals surface area (Å²) in [5.41, 5.74) is 6.29. The second kappa shape index (κ2) is 8.61. The Kier molecular flexibility index (Phi) is 5.53. The molecule has 0 atom stereocenters. The third-order valence-electron chi connectivity index (χ3n) is 5.31. The fourth-order valence-corrected chi connectivity index (χ4v) is 4.88. The minimum absolute atomic E-state index is 0.0534. The summed E-state index contributed by atoms with van der Waals surface area (Å²) < 4.78 is 1.82. The lowest BCUT2D eigenvalue weighted by molar-refractivity contribution is -0.115. The Bertz CT molecular complexity index is 1220. The minimum atomic E-state index is -0.0534. The fourth-order valence-electron chi connectivity index (χ4n) is 3.72. The summed E-state index contributed by atoms with van der Waals surface area (Å²) >= 11 is 7.85. The van der Waals surface area contributed by atoms with E-state index >= 15 is 0 Å². The van der Waals surface area contributed by atoms with Crippen molar-refractivity contribution < 1.29 is 4.79 Å². The summed E-state index contributed by atoms with van der Waals surface area (Å²) in [4.78, 5) is 12.9. The summed E-state index contributed by atoms with van der Waals surface area (Å²) in [6.45, 7) is 0. The van der Waals surface area contributed by atoms with E-state index in [1.807, 2.05) is 71.0 Å². The molecule has 0 saturated carbocycles. The van der Waals surface area contributed by atoms with Crippen LogP contribution in [0, 0.1) is 0 Å². The van der Waals surface area contributed by atoms with E-state index in [2.05, 4.69) is 29.6 Å². The first-order chi connectivity index (χ1) is 15.2. The summed E-state index contributed by atoms with van der Waals surface area (Å²) in [6.07, 6.45) is 0.308. The van der Waals surface area contributed by atoms with Crippen molar-refractivity contribution in [3.63, 3.8) is 0 Å². The van der Waals surface area contributed by atoms with Crippen molar-refractivity contribution in [2.24, 2.45) is 0 Å². The maximum absolute atomic E-state index is 12.9. The van der Waals surface area contributed by atoms with Crippen LogP contribution in [0.5, 0.6) is 0 Å². The number of thioether (sulfide) groups is 1. The smallest absolute Gasteiger partial charge is 0.229 e. The van der Waals surface area contributed by atoms with Gasteiger partial charge in [-0.3, -0.25) is 4.79 Å². The Morgan fingerprint density at radius 2 is 1.65 bits per heavy atom. The average Bonchev–Trinajstić information content (AvgIpc) is 3.38. The summed E-state index contributed by atoms with van der Waals surface area (Å²) in [5.74, 6) is 2.42. The van der Waals surface area contributed by atoms with Crippen LogP contribution < -0.4 is 5.32 Å². The highest BCUT2D eigenvalue weighted by molar-refractivity contribution is 7.98. The van der Waals surface area contributed by atoms with Crippen LogP contribution in [-0.4, -0.2) is 15.7 Å². The number of carbonyl (C=O) groups is 1. The molecule has 4 aromatic rings. The Morgan fingerprint density at radius 1 is 0.935 bits per heavy atom. The number of hydrogen-bond donors (Lipinski definition) is 1. The van der Waals surface area contributed by atoms with E-state index in [0.717, 1.165) is 45.4 Å². The number of benzene rings is 3. The highest BCUT2D eigenvalue weighted by atomic mass is 35.5. The molecule has 1 N–H and O–H groups in total. The van der Waals surface area contributed by atoms with E-state index in [1.165, 1.54) is 5.56 Å². The van der Waals surface area contributed by atoms with Crippen LogP contribution in [0.1, 0.15) is 16.8 Å². The molecule has 0 unspecified atom stereocenters. The van der Waals surface area contributed by atoms with E-state index in [-0.39, 0.29) is 5.91 Å². The number of rotatable bonds is 5. The van der Waals surface area contributed by atoms with Crippen LogP contribution >= 0.6 is 23.4 Å². The number of nitrogens with zero attached hydrogens (tertiary/aromatic N) is 2. The van der Waals surface area contributed by atoms with Crippen molar-refractivity contribution in [3.8, 4) is 16.8 Å². The van der Waals surface area contributed by atoms with Gasteiger partial charge in [0.25, 0.3) is 0 Å². The van der Waals surface area contributed by atoms with Gasteiger partial charge in [-0.1, -0.05) is 66.2 Å². The summed E-state index contributed by atoms with van der Waals surface area (Å²) in [6, 6.07) is 25.9. The van der Waals surface area contributed by atoms with E-state index in [0.29, 0.717) is 11.4 Å². The SMILES string of the molecule is O=C(Cc1ccc(-c2ccccc2)cc1)Nc1c2c(nn1-c1ccc(Cl)cc1)CSC2. The van der Waals surface area contributed by atoms with E-state index in [9.17, 15) is 4.79 Å². The molecular formula is C25H20ClN3OS. The van der Waals surface area contributed by atoms with Crippen LogP contribution in [0.3, 0.4) is 0 Å². The van der Waals surface area contributed by atoms with Gasteiger partial charge in [-0.05, 0) is 41.0 Å². The van der Waals surface area contributed by atoms with Crippen molar-refractivity contribution >= 4 is 35.1 Å². The first-order valence-electron chi connectivity index (χ1n) is 10.1. The van der Waals surface area contributed by atoms with Crippen molar-refractivity contribution in [2.75, 3.05) is 5.32 Å². The third kappa shape index (κ3) is 4.24. The summed E-state index contributed by atoms with van der Waals surface area (Å²) in [7, 11) is 0. The van der Waals surface area contributed by atoms with Crippen LogP contribution in [0.4, 0.5) is 5.82 Å². The lowest BCUT2D eigenvalue weighted by Gasteiger charge is -2.11. The molecule has 2 heterocycles. The number of nitrogens with one attached hydrogen (secondary N) is 1. The van der Waals surface area contributed by atoms with Gasteiger partial charge in [0.15, 0.2) is 0 Å². The van der Waals surface area contributed by atoms with E-state index in [4.69, 9.17) is 16.7 Å².